The molecule has 0 saturated carbocycles. The second-order valence-corrected chi connectivity index (χ2v) is 9.00. The molecule has 0 atom stereocenters. The molecule has 2 N–H and O–H groups in total. The Morgan fingerprint density at radius 2 is 1.30 bits per heavy atom. The van der Waals surface area contributed by atoms with Crippen LogP contribution in [0.5, 0.6) is 0 Å². The molecule has 0 spiro atoms. The molecule has 0 aromatic heterocycles. The minimum atomic E-state index is -0.708. The fourth-order valence-corrected chi connectivity index (χ4v) is 3.84. The van der Waals surface area contributed by atoms with Crippen LogP contribution in [0.2, 0.25) is 0 Å². The predicted octanol–water partition coefficient (Wildman–Crippen LogP) is 6.12. The van der Waals surface area contributed by atoms with Crippen molar-refractivity contribution >= 4 is 11.9 Å². The summed E-state index contributed by atoms with van der Waals surface area (Å²) in [6.07, 6.45) is 21.3. The molecule has 33 heavy (non-hydrogen) atoms. The number of carboxylic acid groups (broad SMARTS) is 1. The van der Waals surface area contributed by atoms with Gasteiger partial charge in [0, 0.05) is 19.4 Å². The number of allylic oxidation sites excluding steroid dienone is 1. The van der Waals surface area contributed by atoms with E-state index in [2.05, 4.69) is 17.9 Å². The van der Waals surface area contributed by atoms with Crippen LogP contribution in [0.25, 0.3) is 0 Å². The highest BCUT2D eigenvalue weighted by Gasteiger charge is 2.05. The summed E-state index contributed by atoms with van der Waals surface area (Å²) in [6, 6.07) is 0. The number of hydrogen-bond donors (Lipinski definition) is 2. The third-order valence-corrected chi connectivity index (χ3v) is 5.87. The van der Waals surface area contributed by atoms with Crippen molar-refractivity contribution in [2.45, 2.75) is 116 Å². The first-order valence-electron chi connectivity index (χ1n) is 13.5. The van der Waals surface area contributed by atoms with Crippen LogP contribution in [0.15, 0.2) is 12.2 Å². The minimum Gasteiger partial charge on any atom is -0.481 e. The van der Waals surface area contributed by atoms with Crippen LogP contribution in [0.4, 0.5) is 0 Å². The minimum absolute atomic E-state index is 0.0947. The molecule has 0 heterocycles. The van der Waals surface area contributed by atoms with E-state index in [-0.39, 0.29) is 19.0 Å². The molecule has 0 aliphatic heterocycles. The maximum atomic E-state index is 11.8. The van der Waals surface area contributed by atoms with Gasteiger partial charge in [-0.2, -0.15) is 0 Å². The molecule has 0 unspecified atom stereocenters. The molecule has 0 aromatic rings. The number of aliphatic hydroxyl groups excluding tert-OH is 1. The lowest BCUT2D eigenvalue weighted by Gasteiger charge is -2.21. The van der Waals surface area contributed by atoms with Crippen molar-refractivity contribution < 1.29 is 24.5 Å². The first kappa shape index (κ1) is 31.6. The van der Waals surface area contributed by atoms with Crippen molar-refractivity contribution in [3.63, 3.8) is 0 Å². The first-order valence-corrected chi connectivity index (χ1v) is 13.5. The normalized spacial score (nSPS) is 11.5. The molecule has 194 valence electrons. The van der Waals surface area contributed by atoms with Crippen LogP contribution < -0.4 is 0 Å². The Balaban J connectivity index is 3.56. The standard InChI is InChI=1S/C27H51NO5/c1-2-3-4-5-6-13-18-25-33-27(32)20-15-10-8-12-17-22-28(23-24-29)21-16-11-7-9-14-19-26(30)31/h13,18,29H,2-12,14-17,19-25H2,1H3,(H,30,31). The second kappa shape index (κ2) is 25.2. The molecule has 0 radical (unpaired) electrons. The second-order valence-electron chi connectivity index (χ2n) is 9.00. The molecule has 0 aromatic carbocycles. The largest absolute Gasteiger partial charge is 0.481 e. The Labute approximate surface area is 202 Å². The number of aliphatic hydroxyl groups is 1. The van der Waals surface area contributed by atoms with Gasteiger partial charge in [-0.05, 0) is 51.6 Å². The van der Waals surface area contributed by atoms with Gasteiger partial charge < -0.3 is 19.8 Å². The summed E-state index contributed by atoms with van der Waals surface area (Å²) in [5.41, 5.74) is 0. The molecular formula is C27H51NO5. The zero-order valence-electron chi connectivity index (χ0n) is 21.3. The van der Waals surface area contributed by atoms with Crippen molar-refractivity contribution in [2.24, 2.45) is 0 Å². The highest BCUT2D eigenvalue weighted by atomic mass is 16.5. The van der Waals surface area contributed by atoms with Crippen LogP contribution in [0.1, 0.15) is 116 Å². The van der Waals surface area contributed by atoms with Crippen molar-refractivity contribution in [1.29, 1.82) is 0 Å². The lowest BCUT2D eigenvalue weighted by Crippen LogP contribution is -2.29. The monoisotopic (exact) mass is 469 g/mol. The number of ether oxygens (including phenoxy) is 1. The number of carbonyl (C=O) groups excluding carboxylic acids is 1. The molecule has 0 aliphatic rings. The van der Waals surface area contributed by atoms with Gasteiger partial charge in [0.2, 0.25) is 0 Å². The third-order valence-electron chi connectivity index (χ3n) is 5.87. The van der Waals surface area contributed by atoms with Gasteiger partial charge in [0.25, 0.3) is 0 Å². The van der Waals surface area contributed by atoms with Crippen molar-refractivity contribution in [2.75, 3.05) is 32.8 Å². The predicted molar refractivity (Wildman–Crippen MR) is 135 cm³/mol. The van der Waals surface area contributed by atoms with Gasteiger partial charge in [-0.25, -0.2) is 0 Å². The molecule has 0 fully saturated rings. The number of aliphatic carboxylic acids is 1. The Kier molecular flexibility index (Phi) is 24.2. The Hall–Kier alpha value is -1.40. The van der Waals surface area contributed by atoms with Crippen LogP contribution in [0.3, 0.4) is 0 Å². The smallest absolute Gasteiger partial charge is 0.306 e. The summed E-state index contributed by atoms with van der Waals surface area (Å²) >= 11 is 0. The molecule has 0 amide bonds. The average Bonchev–Trinajstić information content (AvgIpc) is 2.79. The van der Waals surface area contributed by atoms with Crippen molar-refractivity contribution in [3.05, 3.63) is 12.2 Å². The van der Waals surface area contributed by atoms with Gasteiger partial charge in [-0.3, -0.25) is 9.59 Å². The summed E-state index contributed by atoms with van der Waals surface area (Å²) in [5, 5.41) is 17.9. The lowest BCUT2D eigenvalue weighted by molar-refractivity contribution is -0.142. The SMILES string of the molecule is CCCCCCC=CCOC(=O)CCCCCCCN(CCO)CCCCCCCC(=O)O. The number of carboxylic acids is 1. The Morgan fingerprint density at radius 1 is 0.727 bits per heavy atom. The number of nitrogens with zero attached hydrogens (tertiary/aromatic N) is 1. The van der Waals surface area contributed by atoms with E-state index in [1.54, 1.807) is 0 Å². The summed E-state index contributed by atoms with van der Waals surface area (Å²) in [5.74, 6) is -0.803. The highest BCUT2D eigenvalue weighted by Crippen LogP contribution is 2.10. The Morgan fingerprint density at radius 3 is 1.91 bits per heavy atom. The average molecular weight is 470 g/mol. The molecule has 0 saturated heterocycles. The van der Waals surface area contributed by atoms with E-state index in [4.69, 9.17) is 9.84 Å². The fourth-order valence-electron chi connectivity index (χ4n) is 3.84. The lowest BCUT2D eigenvalue weighted by atomic mass is 10.1. The molecule has 0 bridgehead atoms. The quantitative estimate of drug-likeness (QED) is 0.0952. The summed E-state index contributed by atoms with van der Waals surface area (Å²) in [7, 11) is 0. The molecule has 0 rings (SSSR count). The maximum absolute atomic E-state index is 11.8. The number of hydrogen-bond acceptors (Lipinski definition) is 5. The summed E-state index contributed by atoms with van der Waals surface area (Å²) in [4.78, 5) is 24.6. The molecule has 0 aliphatic carbocycles. The fraction of sp³-hybridized carbons (Fsp3) is 0.852. The van der Waals surface area contributed by atoms with Crippen LogP contribution in [-0.2, 0) is 14.3 Å². The summed E-state index contributed by atoms with van der Waals surface area (Å²) in [6.45, 7) is 5.52. The van der Waals surface area contributed by atoms with Crippen molar-refractivity contribution in [3.8, 4) is 0 Å². The van der Waals surface area contributed by atoms with E-state index in [0.29, 0.717) is 13.0 Å². The number of carbonyl (C=O) groups is 2. The third kappa shape index (κ3) is 25.1. The number of esters is 1. The van der Waals surface area contributed by atoms with Crippen LogP contribution >= 0.6 is 0 Å². The summed E-state index contributed by atoms with van der Waals surface area (Å²) < 4.78 is 5.25. The maximum Gasteiger partial charge on any atom is 0.306 e. The van der Waals surface area contributed by atoms with E-state index in [1.807, 2.05) is 6.08 Å². The molecule has 6 nitrogen and oxygen atoms in total. The zero-order chi connectivity index (χ0) is 24.4. The number of rotatable bonds is 25. The Bertz CT molecular complexity index is 481. The van der Waals surface area contributed by atoms with E-state index in [0.717, 1.165) is 90.3 Å². The highest BCUT2D eigenvalue weighted by molar-refractivity contribution is 5.69. The van der Waals surface area contributed by atoms with E-state index >= 15 is 0 Å². The van der Waals surface area contributed by atoms with Gasteiger partial charge in [-0.1, -0.05) is 76.9 Å². The van der Waals surface area contributed by atoms with Gasteiger partial charge in [0.15, 0.2) is 0 Å². The first-order chi connectivity index (χ1) is 16.1. The van der Waals surface area contributed by atoms with Crippen LogP contribution in [-0.4, -0.2) is 59.9 Å². The van der Waals surface area contributed by atoms with Crippen LogP contribution in [0, 0.1) is 0 Å². The molecule has 6 heteroatoms. The molecular weight excluding hydrogens is 418 g/mol. The van der Waals surface area contributed by atoms with Gasteiger partial charge in [0.1, 0.15) is 6.61 Å². The van der Waals surface area contributed by atoms with Crippen molar-refractivity contribution in [1.82, 2.24) is 4.90 Å². The van der Waals surface area contributed by atoms with E-state index < -0.39 is 5.97 Å². The zero-order valence-corrected chi connectivity index (χ0v) is 21.3. The van der Waals surface area contributed by atoms with E-state index in [1.165, 1.54) is 25.7 Å². The van der Waals surface area contributed by atoms with Gasteiger partial charge in [0.05, 0.1) is 6.61 Å². The van der Waals surface area contributed by atoms with Gasteiger partial charge in [-0.15, -0.1) is 0 Å². The topological polar surface area (TPSA) is 87.1 Å². The van der Waals surface area contributed by atoms with Gasteiger partial charge >= 0.3 is 11.9 Å². The number of unbranched alkanes of at least 4 members (excludes halogenated alkanes) is 12. The van der Waals surface area contributed by atoms with E-state index in [9.17, 15) is 14.7 Å².